The van der Waals surface area contributed by atoms with Crippen LogP contribution in [0.15, 0.2) is 0 Å². The molecule has 2 N–H and O–H groups in total. The first kappa shape index (κ1) is 13.8. The monoisotopic (exact) mass is 204 g/mol. The highest BCUT2D eigenvalue weighted by Gasteiger charge is 2.15. The molecule has 0 aliphatic rings. The maximum absolute atomic E-state index is 5.48. The fourth-order valence-corrected chi connectivity index (χ4v) is 1.37. The van der Waals surface area contributed by atoms with E-state index >= 15 is 0 Å². The van der Waals surface area contributed by atoms with Gasteiger partial charge in [0.25, 0.3) is 0 Å². The molecule has 0 spiro atoms. The van der Waals surface area contributed by atoms with E-state index in [1.165, 1.54) is 6.42 Å². The zero-order valence-corrected chi connectivity index (χ0v) is 9.66. The molecule has 0 heterocycles. The van der Waals surface area contributed by atoms with Gasteiger partial charge in [-0.3, -0.25) is 4.90 Å². The molecule has 0 atom stereocenters. The number of nitrogens with two attached hydrogens (primary N) is 1. The summed E-state index contributed by atoms with van der Waals surface area (Å²) in [4.78, 5) is 2.18. The highest BCUT2D eigenvalue weighted by molar-refractivity contribution is 4.57. The van der Waals surface area contributed by atoms with Crippen molar-refractivity contribution in [3.05, 3.63) is 0 Å². The van der Waals surface area contributed by atoms with Crippen LogP contribution >= 0.6 is 0 Å². The molecule has 0 fully saturated rings. The summed E-state index contributed by atoms with van der Waals surface area (Å²) >= 11 is 0. The molecule has 0 aromatic heterocycles. The van der Waals surface area contributed by atoms with Gasteiger partial charge in [0.1, 0.15) is 0 Å². The van der Waals surface area contributed by atoms with Crippen LogP contribution < -0.4 is 5.73 Å². The smallest absolute Gasteiger partial charge is 0.218 e. The summed E-state index contributed by atoms with van der Waals surface area (Å²) in [5.74, 6) is 0. The summed E-state index contributed by atoms with van der Waals surface area (Å²) in [5, 5.41) is 0. The minimum atomic E-state index is -0.229. The highest BCUT2D eigenvalue weighted by atomic mass is 16.7. The number of hydrogen-bond acceptors (Lipinski definition) is 4. The third-order valence-corrected chi connectivity index (χ3v) is 2.15. The summed E-state index contributed by atoms with van der Waals surface area (Å²) < 4.78 is 10.4. The van der Waals surface area contributed by atoms with Gasteiger partial charge < -0.3 is 15.2 Å². The molecule has 14 heavy (non-hydrogen) atoms. The lowest BCUT2D eigenvalue weighted by Crippen LogP contribution is -2.40. The standard InChI is InChI=1S/C10H24N2O2/c1-4-5-8-12(9-6-7-11)10(13-2)14-3/h10H,4-9,11H2,1-3H3. The molecule has 0 unspecified atom stereocenters. The lowest BCUT2D eigenvalue weighted by atomic mass is 10.3. The fourth-order valence-electron chi connectivity index (χ4n) is 1.37. The third kappa shape index (κ3) is 5.54. The van der Waals surface area contributed by atoms with Gasteiger partial charge in [0.05, 0.1) is 0 Å². The van der Waals surface area contributed by atoms with Crippen LogP contribution in [0.2, 0.25) is 0 Å². The maximum atomic E-state index is 5.48. The van der Waals surface area contributed by atoms with Crippen LogP contribution in [0.5, 0.6) is 0 Å². The second-order valence-corrected chi connectivity index (χ2v) is 3.31. The van der Waals surface area contributed by atoms with Gasteiger partial charge in [-0.25, -0.2) is 0 Å². The molecule has 4 heteroatoms. The Balaban J connectivity index is 3.92. The summed E-state index contributed by atoms with van der Waals surface area (Å²) in [5.41, 5.74) is 5.48. The number of methoxy groups -OCH3 is 2. The normalized spacial score (nSPS) is 11.6. The van der Waals surface area contributed by atoms with Crippen LogP contribution in [0, 0.1) is 0 Å². The molecule has 0 radical (unpaired) electrons. The number of ether oxygens (including phenoxy) is 2. The van der Waals surface area contributed by atoms with Gasteiger partial charge in [0.15, 0.2) is 0 Å². The maximum Gasteiger partial charge on any atom is 0.218 e. The van der Waals surface area contributed by atoms with Gasteiger partial charge >= 0.3 is 0 Å². The summed E-state index contributed by atoms with van der Waals surface area (Å²) in [7, 11) is 3.32. The van der Waals surface area contributed by atoms with E-state index in [4.69, 9.17) is 15.2 Å². The first-order valence-electron chi connectivity index (χ1n) is 5.29. The Morgan fingerprint density at radius 3 is 2.14 bits per heavy atom. The molecule has 4 nitrogen and oxygen atoms in total. The summed E-state index contributed by atoms with van der Waals surface area (Å²) in [6, 6.07) is 0. The quantitative estimate of drug-likeness (QED) is 0.570. The zero-order chi connectivity index (χ0) is 10.8. The van der Waals surface area contributed by atoms with Crippen molar-refractivity contribution in [1.29, 1.82) is 0 Å². The summed E-state index contributed by atoms with van der Waals surface area (Å²) in [6.45, 7) is 4.82. The molecule has 0 aliphatic carbocycles. The highest BCUT2D eigenvalue weighted by Crippen LogP contribution is 2.04. The van der Waals surface area contributed by atoms with Gasteiger partial charge in [-0.1, -0.05) is 13.3 Å². The van der Waals surface area contributed by atoms with Crippen LogP contribution in [0.25, 0.3) is 0 Å². The van der Waals surface area contributed by atoms with E-state index in [0.29, 0.717) is 6.54 Å². The molecule has 0 amide bonds. The first-order valence-corrected chi connectivity index (χ1v) is 5.29. The Morgan fingerprint density at radius 2 is 1.71 bits per heavy atom. The second kappa shape index (κ2) is 9.40. The van der Waals surface area contributed by atoms with Crippen LogP contribution in [-0.2, 0) is 9.47 Å². The van der Waals surface area contributed by atoms with Crippen molar-refractivity contribution < 1.29 is 9.47 Å². The first-order chi connectivity index (χ1) is 6.79. The van der Waals surface area contributed by atoms with E-state index in [1.807, 2.05) is 0 Å². The Labute approximate surface area is 87.4 Å². The van der Waals surface area contributed by atoms with E-state index in [-0.39, 0.29) is 6.41 Å². The van der Waals surface area contributed by atoms with Gasteiger partial charge in [-0.15, -0.1) is 0 Å². The van der Waals surface area contributed by atoms with Crippen molar-refractivity contribution >= 4 is 0 Å². The minimum Gasteiger partial charge on any atom is -0.343 e. The molecule has 0 bridgehead atoms. The van der Waals surface area contributed by atoms with Crippen molar-refractivity contribution in [3.63, 3.8) is 0 Å². The molecule has 0 rings (SSSR count). The predicted molar refractivity (Wildman–Crippen MR) is 58.0 cm³/mol. The van der Waals surface area contributed by atoms with Crippen molar-refractivity contribution in [2.24, 2.45) is 5.73 Å². The average molecular weight is 204 g/mol. The molecular weight excluding hydrogens is 180 g/mol. The lowest BCUT2D eigenvalue weighted by Gasteiger charge is -2.28. The van der Waals surface area contributed by atoms with E-state index < -0.39 is 0 Å². The van der Waals surface area contributed by atoms with Crippen molar-refractivity contribution in [2.45, 2.75) is 32.6 Å². The van der Waals surface area contributed by atoms with E-state index in [0.717, 1.165) is 25.9 Å². The molecule has 0 saturated heterocycles. The van der Waals surface area contributed by atoms with E-state index in [9.17, 15) is 0 Å². The Bertz CT molecular complexity index is 111. The zero-order valence-electron chi connectivity index (χ0n) is 9.66. The Kier molecular flexibility index (Phi) is 9.29. The predicted octanol–water partition coefficient (Wildman–Crippen LogP) is 1.01. The topological polar surface area (TPSA) is 47.7 Å². The molecule has 0 aromatic rings. The number of unbranched alkanes of at least 4 members (excludes halogenated alkanes) is 1. The number of nitrogens with zero attached hydrogens (tertiary/aromatic N) is 1. The number of hydrogen-bond donors (Lipinski definition) is 1. The van der Waals surface area contributed by atoms with E-state index in [2.05, 4.69) is 11.8 Å². The summed E-state index contributed by atoms with van der Waals surface area (Å²) in [6.07, 6.45) is 3.09. The third-order valence-electron chi connectivity index (χ3n) is 2.15. The van der Waals surface area contributed by atoms with Crippen LogP contribution in [0.3, 0.4) is 0 Å². The lowest BCUT2D eigenvalue weighted by molar-refractivity contribution is -0.196. The minimum absolute atomic E-state index is 0.229. The second-order valence-electron chi connectivity index (χ2n) is 3.31. The Hall–Kier alpha value is -0.160. The molecule has 0 saturated carbocycles. The average Bonchev–Trinajstić information content (AvgIpc) is 2.22. The van der Waals surface area contributed by atoms with Crippen molar-refractivity contribution in [1.82, 2.24) is 4.90 Å². The Morgan fingerprint density at radius 1 is 1.14 bits per heavy atom. The molecule has 0 aliphatic heterocycles. The van der Waals surface area contributed by atoms with Gasteiger partial charge in [0, 0.05) is 27.3 Å². The van der Waals surface area contributed by atoms with E-state index in [1.54, 1.807) is 14.2 Å². The number of rotatable bonds is 9. The van der Waals surface area contributed by atoms with Gasteiger partial charge in [-0.05, 0) is 19.4 Å². The van der Waals surface area contributed by atoms with Crippen molar-refractivity contribution in [3.8, 4) is 0 Å². The van der Waals surface area contributed by atoms with Gasteiger partial charge in [0.2, 0.25) is 6.41 Å². The van der Waals surface area contributed by atoms with Crippen LogP contribution in [-0.4, -0.2) is 45.2 Å². The van der Waals surface area contributed by atoms with Crippen LogP contribution in [0.1, 0.15) is 26.2 Å². The van der Waals surface area contributed by atoms with Crippen LogP contribution in [0.4, 0.5) is 0 Å². The molecule has 0 aromatic carbocycles. The largest absolute Gasteiger partial charge is 0.343 e. The SMILES string of the molecule is CCCCN(CCCN)C(OC)OC. The van der Waals surface area contributed by atoms with Crippen molar-refractivity contribution in [2.75, 3.05) is 33.9 Å². The van der Waals surface area contributed by atoms with Gasteiger partial charge in [-0.2, -0.15) is 0 Å². The fraction of sp³-hybridized carbons (Fsp3) is 1.00. The molecule has 86 valence electrons. The molecular formula is C10H24N2O2.